The smallest absolute Gasteiger partial charge is 0.360 e. The molecule has 0 bridgehead atoms. The Hall–Kier alpha value is -1.76. The zero-order valence-electron chi connectivity index (χ0n) is 11.8. The maximum Gasteiger partial charge on any atom is 0.360 e. The second kappa shape index (κ2) is 6.78. The first-order chi connectivity index (χ1) is 10.8. The lowest BCUT2D eigenvalue weighted by molar-refractivity contribution is -0.264. The van der Waals surface area contributed by atoms with E-state index in [1.165, 1.54) is 0 Å². The molecule has 0 saturated carbocycles. The van der Waals surface area contributed by atoms with Crippen molar-refractivity contribution < 1.29 is 39.6 Å². The van der Waals surface area contributed by atoms with Crippen molar-refractivity contribution in [1.29, 1.82) is 0 Å². The van der Waals surface area contributed by atoms with Crippen LogP contribution in [0.2, 0.25) is 0 Å². The Morgan fingerprint density at radius 3 is 2.52 bits per heavy atom. The summed E-state index contributed by atoms with van der Waals surface area (Å²) in [6.45, 7) is -0.635. The molecule has 2 rings (SSSR count). The number of ether oxygens (including phenoxy) is 1. The van der Waals surface area contributed by atoms with E-state index in [9.17, 15) is 24.9 Å². The number of hydrogen-bond donors (Lipinski definition) is 6. The molecule has 11 nitrogen and oxygen atoms in total. The summed E-state index contributed by atoms with van der Waals surface area (Å²) in [5.74, 6) is -1.30. The average Bonchev–Trinajstić information content (AvgIpc) is 2.86. The lowest BCUT2D eigenvalue weighted by Gasteiger charge is -2.39. The summed E-state index contributed by atoms with van der Waals surface area (Å²) in [4.78, 5) is 22.4. The van der Waals surface area contributed by atoms with Crippen LogP contribution in [0.5, 0.6) is 0 Å². The molecule has 0 aromatic carbocycles. The zero-order valence-corrected chi connectivity index (χ0v) is 11.8. The van der Waals surface area contributed by atoms with Gasteiger partial charge in [-0.3, -0.25) is 4.79 Å². The molecule has 6 atom stereocenters. The van der Waals surface area contributed by atoms with Gasteiger partial charge < -0.3 is 40.5 Å². The van der Waals surface area contributed by atoms with Crippen LogP contribution in [0.1, 0.15) is 11.8 Å². The minimum Gasteiger partial charge on any atom is -0.480 e. The van der Waals surface area contributed by atoms with Crippen molar-refractivity contribution in [3.63, 3.8) is 0 Å². The minimum atomic E-state index is -1.64. The van der Waals surface area contributed by atoms with Gasteiger partial charge in [0.25, 0.3) is 0 Å². The molecule has 1 aromatic heterocycles. The number of aliphatic hydroxyl groups is 4. The number of aromatic nitrogens is 1. The third kappa shape index (κ3) is 3.44. The van der Waals surface area contributed by atoms with Crippen molar-refractivity contribution in [2.75, 3.05) is 6.61 Å². The van der Waals surface area contributed by atoms with E-state index < -0.39 is 54.9 Å². The van der Waals surface area contributed by atoms with Gasteiger partial charge in [0.1, 0.15) is 30.5 Å². The highest BCUT2D eigenvalue weighted by Crippen LogP contribution is 2.28. The van der Waals surface area contributed by atoms with E-state index in [-0.39, 0.29) is 12.0 Å². The average molecular weight is 334 g/mol. The van der Waals surface area contributed by atoms with Gasteiger partial charge >= 0.3 is 11.6 Å². The summed E-state index contributed by atoms with van der Waals surface area (Å²) >= 11 is 0. The van der Waals surface area contributed by atoms with Gasteiger partial charge in [-0.15, -0.1) is 0 Å². The first-order valence-electron chi connectivity index (χ1n) is 6.76. The highest BCUT2D eigenvalue weighted by atomic mass is 16.6. The molecule has 2 heterocycles. The number of aliphatic hydroxyl groups excluding tert-OH is 4. The summed E-state index contributed by atoms with van der Waals surface area (Å²) in [7, 11) is 0. The van der Waals surface area contributed by atoms with Crippen LogP contribution < -0.4 is 11.4 Å². The minimum absolute atomic E-state index is 0.0585. The van der Waals surface area contributed by atoms with Gasteiger partial charge in [0.15, 0.2) is 6.23 Å². The lowest BCUT2D eigenvalue weighted by atomic mass is 9.98. The van der Waals surface area contributed by atoms with E-state index in [0.717, 1.165) is 10.9 Å². The normalized spacial score (nSPS) is 32.7. The highest BCUT2D eigenvalue weighted by Gasteiger charge is 2.45. The summed E-state index contributed by atoms with van der Waals surface area (Å²) in [6, 6.07) is -1.32. The molecule has 1 aromatic rings. The fraction of sp³-hybridized carbons (Fsp3) is 0.667. The summed E-state index contributed by atoms with van der Waals surface area (Å²) in [5.41, 5.74) is 4.41. The van der Waals surface area contributed by atoms with E-state index in [4.69, 9.17) is 25.2 Å². The predicted molar refractivity (Wildman–Crippen MR) is 71.3 cm³/mol. The van der Waals surface area contributed by atoms with E-state index in [2.05, 4.69) is 0 Å². The molecule has 23 heavy (non-hydrogen) atoms. The Bertz CT molecular complexity index is 610. The molecule has 11 heteroatoms. The third-order valence-corrected chi connectivity index (χ3v) is 3.61. The van der Waals surface area contributed by atoms with Gasteiger partial charge in [-0.2, -0.15) is 4.74 Å². The van der Waals surface area contributed by atoms with Gasteiger partial charge in [0.05, 0.1) is 18.4 Å². The van der Waals surface area contributed by atoms with Gasteiger partial charge in [-0.05, 0) is 0 Å². The van der Waals surface area contributed by atoms with Crippen LogP contribution in [0.3, 0.4) is 0 Å². The van der Waals surface area contributed by atoms with Gasteiger partial charge in [0.2, 0.25) is 0 Å². The molecule has 0 aliphatic carbocycles. The maximum absolute atomic E-state index is 11.7. The molecule has 1 saturated heterocycles. The number of hydrogen-bond acceptors (Lipinski definition) is 9. The zero-order chi connectivity index (χ0) is 17.3. The van der Waals surface area contributed by atoms with E-state index in [0.29, 0.717) is 0 Å². The Kier molecular flexibility index (Phi) is 5.19. The Morgan fingerprint density at radius 2 is 1.96 bits per heavy atom. The van der Waals surface area contributed by atoms with Crippen LogP contribution in [-0.4, -0.2) is 73.3 Å². The van der Waals surface area contributed by atoms with Crippen LogP contribution in [-0.2, 0) is 16.0 Å². The fourth-order valence-electron chi connectivity index (χ4n) is 2.26. The first-order valence-corrected chi connectivity index (χ1v) is 6.76. The second-order valence-electron chi connectivity index (χ2n) is 5.26. The van der Waals surface area contributed by atoms with Crippen molar-refractivity contribution in [1.82, 2.24) is 4.74 Å². The quantitative estimate of drug-likeness (QED) is 0.313. The molecule has 0 amide bonds. The number of rotatable bonds is 5. The largest absolute Gasteiger partial charge is 0.480 e. The van der Waals surface area contributed by atoms with Crippen molar-refractivity contribution in [2.45, 2.75) is 43.1 Å². The molecule has 1 aliphatic heterocycles. The van der Waals surface area contributed by atoms with Crippen LogP contribution in [0.15, 0.2) is 15.5 Å². The molecular weight excluding hydrogens is 316 g/mol. The van der Waals surface area contributed by atoms with Crippen LogP contribution >= 0.6 is 0 Å². The number of carbonyl (C=O) groups is 1. The highest BCUT2D eigenvalue weighted by molar-refractivity contribution is 5.73. The predicted octanol–water partition coefficient (Wildman–Crippen LogP) is -3.63. The summed E-state index contributed by atoms with van der Waals surface area (Å²) in [5, 5.41) is 47.2. The van der Waals surface area contributed by atoms with Gasteiger partial charge in [-0.1, -0.05) is 0 Å². The lowest BCUT2D eigenvalue weighted by Crippen LogP contribution is -2.56. The number of aliphatic carboxylic acids is 1. The van der Waals surface area contributed by atoms with Crippen LogP contribution in [0.4, 0.5) is 0 Å². The standard InChI is InChI=1S/C12H18N2O9/c13-5(11(19)20)1-4-2-14(23-12(4)21)10-9(18)8(17)7(16)6(3-15)22-10/h2,5-10,15-18H,1,3,13H2,(H,19,20). The third-order valence-electron chi connectivity index (χ3n) is 3.61. The molecule has 7 N–H and O–H groups in total. The second-order valence-corrected chi connectivity index (χ2v) is 5.26. The molecular formula is C12H18N2O9. The van der Waals surface area contributed by atoms with Crippen LogP contribution in [0.25, 0.3) is 0 Å². The fourth-order valence-corrected chi connectivity index (χ4v) is 2.26. The number of carboxylic acid groups (broad SMARTS) is 1. The number of nitrogens with zero attached hydrogens (tertiary/aromatic N) is 1. The van der Waals surface area contributed by atoms with E-state index in [1.807, 2.05) is 0 Å². The Labute approximate surface area is 129 Å². The van der Waals surface area contributed by atoms with Gasteiger partial charge in [-0.25, -0.2) is 4.79 Å². The van der Waals surface area contributed by atoms with E-state index >= 15 is 0 Å². The first kappa shape index (κ1) is 17.6. The van der Waals surface area contributed by atoms with Crippen molar-refractivity contribution in [2.24, 2.45) is 5.73 Å². The topological polar surface area (TPSA) is 189 Å². The number of nitrogens with two attached hydrogens (primary N) is 1. The van der Waals surface area contributed by atoms with Crippen molar-refractivity contribution in [3.05, 3.63) is 22.2 Å². The number of carboxylic acids is 1. The molecule has 1 aliphatic rings. The van der Waals surface area contributed by atoms with E-state index in [1.54, 1.807) is 0 Å². The van der Waals surface area contributed by atoms with Crippen molar-refractivity contribution in [3.8, 4) is 0 Å². The molecule has 6 unspecified atom stereocenters. The van der Waals surface area contributed by atoms with Crippen LogP contribution in [0, 0.1) is 0 Å². The Balaban J connectivity index is 2.24. The molecule has 1 fully saturated rings. The SMILES string of the molecule is NC(Cc1cn(C2OC(CO)C(O)C(O)C2O)oc1=O)C(=O)O. The maximum atomic E-state index is 11.7. The van der Waals surface area contributed by atoms with Crippen molar-refractivity contribution >= 4 is 5.97 Å². The molecule has 0 radical (unpaired) electrons. The Morgan fingerprint density at radius 1 is 1.30 bits per heavy atom. The summed E-state index contributed by atoms with van der Waals surface area (Å²) in [6.07, 6.45) is -6.58. The molecule has 130 valence electrons. The van der Waals surface area contributed by atoms with Gasteiger partial charge in [0, 0.05) is 6.42 Å². The summed E-state index contributed by atoms with van der Waals surface area (Å²) < 4.78 is 10.8. The monoisotopic (exact) mass is 334 g/mol. The molecule has 0 spiro atoms.